The van der Waals surface area contributed by atoms with Gasteiger partial charge < -0.3 is 10.6 Å². The van der Waals surface area contributed by atoms with Crippen molar-refractivity contribution >= 4 is 40.6 Å². The second-order valence-corrected chi connectivity index (χ2v) is 9.82. The lowest BCUT2D eigenvalue weighted by molar-refractivity contribution is -0.118. The number of hydrogen-bond donors (Lipinski definition) is 2. The topological polar surface area (TPSA) is 87.2 Å². The van der Waals surface area contributed by atoms with E-state index in [0.717, 1.165) is 43.8 Å². The molecule has 0 aliphatic carbocycles. The van der Waals surface area contributed by atoms with Gasteiger partial charge in [0, 0.05) is 31.9 Å². The monoisotopic (exact) mass is 485 g/mol. The summed E-state index contributed by atoms with van der Waals surface area (Å²) in [5.74, 6) is -0.656. The van der Waals surface area contributed by atoms with Crippen molar-refractivity contribution in [3.05, 3.63) is 70.5 Å². The van der Waals surface area contributed by atoms with Crippen LogP contribution in [0.2, 0.25) is 0 Å². The molecule has 3 aromatic rings. The van der Waals surface area contributed by atoms with Crippen LogP contribution in [0.15, 0.2) is 52.9 Å². The van der Waals surface area contributed by atoms with Gasteiger partial charge in [0.25, 0.3) is 5.91 Å². The van der Waals surface area contributed by atoms with E-state index in [2.05, 4.69) is 50.0 Å². The van der Waals surface area contributed by atoms with Gasteiger partial charge in [-0.15, -0.1) is 10.2 Å². The van der Waals surface area contributed by atoms with Crippen LogP contribution in [0, 0.1) is 5.82 Å². The molecule has 0 saturated heterocycles. The number of amides is 2. The van der Waals surface area contributed by atoms with Crippen molar-refractivity contribution in [1.29, 1.82) is 0 Å². The number of halogens is 1. The van der Waals surface area contributed by atoms with Gasteiger partial charge in [0.1, 0.15) is 5.82 Å². The van der Waals surface area contributed by atoms with E-state index < -0.39 is 5.91 Å². The molecule has 10 heteroatoms. The molecule has 1 aromatic heterocycles. The summed E-state index contributed by atoms with van der Waals surface area (Å²) >= 11 is 2.36. The maximum Gasteiger partial charge on any atom is 0.286 e. The van der Waals surface area contributed by atoms with Crippen molar-refractivity contribution in [3.63, 3.8) is 0 Å². The number of benzene rings is 2. The third kappa shape index (κ3) is 6.83. The molecule has 2 heterocycles. The summed E-state index contributed by atoms with van der Waals surface area (Å²) in [4.78, 5) is 26.8. The van der Waals surface area contributed by atoms with Gasteiger partial charge in [-0.25, -0.2) is 4.39 Å². The fourth-order valence-electron chi connectivity index (χ4n) is 3.53. The molecule has 0 atom stereocenters. The van der Waals surface area contributed by atoms with E-state index in [-0.39, 0.29) is 22.5 Å². The smallest absolute Gasteiger partial charge is 0.286 e. The first-order valence-corrected chi connectivity index (χ1v) is 12.5. The molecule has 1 aliphatic heterocycles. The maximum absolute atomic E-state index is 13.0. The number of carbonyl (C=O) groups is 2. The van der Waals surface area contributed by atoms with Crippen molar-refractivity contribution in [2.45, 2.75) is 23.7 Å². The third-order valence-corrected chi connectivity index (χ3v) is 7.27. The highest BCUT2D eigenvalue weighted by Gasteiger charge is 2.16. The van der Waals surface area contributed by atoms with Crippen molar-refractivity contribution in [1.82, 2.24) is 20.4 Å². The van der Waals surface area contributed by atoms with Crippen LogP contribution in [0.5, 0.6) is 0 Å². The van der Waals surface area contributed by atoms with E-state index in [1.54, 1.807) is 0 Å². The molecule has 2 N–H and O–H groups in total. The molecule has 4 rings (SSSR count). The Kier molecular flexibility index (Phi) is 8.03. The number of anilines is 1. The summed E-state index contributed by atoms with van der Waals surface area (Å²) in [6.07, 6.45) is 1.97. The van der Waals surface area contributed by atoms with Crippen molar-refractivity contribution < 1.29 is 14.0 Å². The van der Waals surface area contributed by atoms with Gasteiger partial charge >= 0.3 is 0 Å². The van der Waals surface area contributed by atoms with Crippen LogP contribution in [0.25, 0.3) is 0 Å². The van der Waals surface area contributed by atoms with Gasteiger partial charge in [-0.3, -0.25) is 14.5 Å². The quantitative estimate of drug-likeness (QED) is 0.356. The van der Waals surface area contributed by atoms with Crippen LogP contribution >= 0.6 is 23.1 Å². The van der Waals surface area contributed by atoms with Gasteiger partial charge in [-0.1, -0.05) is 47.4 Å². The van der Waals surface area contributed by atoms with E-state index in [4.69, 9.17) is 0 Å². The minimum absolute atomic E-state index is 0.0727. The summed E-state index contributed by atoms with van der Waals surface area (Å²) in [5, 5.41) is 13.6. The number of nitrogens with zero attached hydrogens (tertiary/aromatic N) is 3. The van der Waals surface area contributed by atoms with Gasteiger partial charge in [0.15, 0.2) is 4.34 Å². The highest BCUT2D eigenvalue weighted by atomic mass is 32.2. The zero-order valence-electron chi connectivity index (χ0n) is 17.9. The first-order valence-electron chi connectivity index (χ1n) is 10.7. The van der Waals surface area contributed by atoms with Crippen molar-refractivity contribution in [2.75, 3.05) is 30.7 Å². The molecule has 0 fully saturated rings. The van der Waals surface area contributed by atoms with Gasteiger partial charge in [0.05, 0.1) is 5.75 Å². The largest absolute Gasteiger partial charge is 0.355 e. The SMILES string of the molecule is O=C(CSc1nnc(C(=O)Nc2ccc(F)cc2)s1)NCCCN1CCc2ccccc2C1. The molecule has 0 bridgehead atoms. The molecule has 0 spiro atoms. The lowest BCUT2D eigenvalue weighted by Gasteiger charge is -2.28. The predicted molar refractivity (Wildman–Crippen MR) is 128 cm³/mol. The van der Waals surface area contributed by atoms with E-state index >= 15 is 0 Å². The zero-order chi connectivity index (χ0) is 23.0. The van der Waals surface area contributed by atoms with E-state index in [1.807, 2.05) is 0 Å². The van der Waals surface area contributed by atoms with E-state index in [9.17, 15) is 14.0 Å². The Morgan fingerprint density at radius 1 is 1.09 bits per heavy atom. The molecular weight excluding hydrogens is 461 g/mol. The van der Waals surface area contributed by atoms with Crippen LogP contribution in [0.4, 0.5) is 10.1 Å². The normalized spacial score (nSPS) is 13.4. The molecule has 0 unspecified atom stereocenters. The predicted octanol–water partition coefficient (Wildman–Crippen LogP) is 3.59. The molecule has 2 amide bonds. The Labute approximate surface area is 199 Å². The number of hydrogen-bond acceptors (Lipinski definition) is 7. The maximum atomic E-state index is 13.0. The average molecular weight is 486 g/mol. The van der Waals surface area contributed by atoms with Crippen LogP contribution in [-0.4, -0.2) is 52.3 Å². The van der Waals surface area contributed by atoms with Crippen LogP contribution in [0.1, 0.15) is 27.3 Å². The molecule has 0 radical (unpaired) electrons. The van der Waals surface area contributed by atoms with Crippen molar-refractivity contribution in [2.24, 2.45) is 0 Å². The van der Waals surface area contributed by atoms with Crippen LogP contribution in [0.3, 0.4) is 0 Å². The number of fused-ring (bicyclic) bond motifs is 1. The summed E-state index contributed by atoms with van der Waals surface area (Å²) in [7, 11) is 0. The van der Waals surface area contributed by atoms with Crippen molar-refractivity contribution in [3.8, 4) is 0 Å². The van der Waals surface area contributed by atoms with Crippen LogP contribution < -0.4 is 10.6 Å². The minimum Gasteiger partial charge on any atom is -0.355 e. The lowest BCUT2D eigenvalue weighted by Crippen LogP contribution is -2.34. The Morgan fingerprint density at radius 2 is 1.88 bits per heavy atom. The van der Waals surface area contributed by atoms with Gasteiger partial charge in [0.2, 0.25) is 10.9 Å². The lowest BCUT2D eigenvalue weighted by atomic mass is 10.00. The second kappa shape index (κ2) is 11.4. The summed E-state index contributed by atoms with van der Waals surface area (Å²) in [6.45, 7) is 3.59. The molecule has 1 aliphatic rings. The molecular formula is C23H24FN5O2S2. The molecule has 2 aromatic carbocycles. The number of carbonyl (C=O) groups excluding carboxylic acids is 2. The fraction of sp³-hybridized carbons (Fsp3) is 0.304. The van der Waals surface area contributed by atoms with E-state index in [0.29, 0.717) is 16.6 Å². The van der Waals surface area contributed by atoms with Gasteiger partial charge in [-0.2, -0.15) is 0 Å². The molecule has 0 saturated carbocycles. The summed E-state index contributed by atoms with van der Waals surface area (Å²) in [5.41, 5.74) is 3.30. The molecule has 33 heavy (non-hydrogen) atoms. The number of nitrogens with one attached hydrogen (secondary N) is 2. The number of rotatable bonds is 9. The first kappa shape index (κ1) is 23.3. The Hall–Kier alpha value is -2.82. The number of thioether (sulfide) groups is 1. The standard InChI is InChI=1S/C23H24FN5O2S2/c24-18-6-8-19(9-7-18)26-21(31)22-27-28-23(33-22)32-15-20(30)25-11-3-12-29-13-10-16-4-1-2-5-17(16)14-29/h1-2,4-9H,3,10-15H2,(H,25,30)(H,26,31). The zero-order valence-corrected chi connectivity index (χ0v) is 19.6. The average Bonchev–Trinajstić information content (AvgIpc) is 3.31. The first-order chi connectivity index (χ1) is 16.1. The summed E-state index contributed by atoms with van der Waals surface area (Å²) in [6, 6.07) is 14.0. The third-order valence-electron chi connectivity index (χ3n) is 5.21. The van der Waals surface area contributed by atoms with Gasteiger partial charge in [-0.05, 0) is 48.2 Å². The highest BCUT2D eigenvalue weighted by molar-refractivity contribution is 8.01. The fourth-order valence-corrected chi connectivity index (χ4v) is 5.11. The Bertz CT molecular complexity index is 1110. The highest BCUT2D eigenvalue weighted by Crippen LogP contribution is 2.23. The minimum atomic E-state index is -0.421. The second-order valence-electron chi connectivity index (χ2n) is 7.62. The van der Waals surface area contributed by atoms with E-state index in [1.165, 1.54) is 47.2 Å². The molecule has 7 nitrogen and oxygen atoms in total. The number of aromatic nitrogens is 2. The van der Waals surface area contributed by atoms with Crippen LogP contribution in [-0.2, 0) is 17.8 Å². The Balaban J connectivity index is 1.13. The molecule has 172 valence electrons. The summed E-state index contributed by atoms with van der Waals surface area (Å²) < 4.78 is 13.5. The Morgan fingerprint density at radius 3 is 2.70 bits per heavy atom.